The van der Waals surface area contributed by atoms with Crippen LogP contribution in [0.3, 0.4) is 0 Å². The number of carbonyl (C=O) groups excluding carboxylic acids is 2. The quantitative estimate of drug-likeness (QED) is 0.704. The van der Waals surface area contributed by atoms with E-state index < -0.39 is 17.9 Å². The first kappa shape index (κ1) is 18.2. The largest absolute Gasteiger partial charge is 0.394 e. The van der Waals surface area contributed by atoms with Crippen molar-refractivity contribution in [3.05, 3.63) is 41.8 Å². The number of benzene rings is 1. The Morgan fingerprint density at radius 1 is 1.17 bits per heavy atom. The molecule has 0 saturated heterocycles. The van der Waals surface area contributed by atoms with Crippen LogP contribution >= 0.6 is 11.3 Å². The number of amides is 2. The van der Waals surface area contributed by atoms with Crippen LogP contribution in [0.2, 0.25) is 0 Å². The zero-order valence-corrected chi connectivity index (χ0v) is 14.6. The number of hydrogen-bond acceptors (Lipinski definition) is 4. The summed E-state index contributed by atoms with van der Waals surface area (Å²) < 4.78 is 0. The molecule has 5 nitrogen and oxygen atoms in total. The van der Waals surface area contributed by atoms with Crippen molar-refractivity contribution in [2.45, 2.75) is 26.3 Å². The molecule has 1 atom stereocenters. The number of carbonyl (C=O) groups is 2. The predicted molar refractivity (Wildman–Crippen MR) is 96.9 cm³/mol. The SMILES string of the molecule is CC(C)CC(CO)NC(=O)C(=O)Nc1cccc(-c2cccs2)c1. The molecule has 0 aliphatic carbocycles. The molecule has 3 N–H and O–H groups in total. The molecular weight excluding hydrogens is 324 g/mol. The fourth-order valence-electron chi connectivity index (χ4n) is 2.38. The number of aliphatic hydroxyl groups is 1. The lowest BCUT2D eigenvalue weighted by atomic mass is 10.0. The lowest BCUT2D eigenvalue weighted by Crippen LogP contribution is -2.44. The van der Waals surface area contributed by atoms with E-state index in [4.69, 9.17) is 0 Å². The van der Waals surface area contributed by atoms with E-state index in [1.807, 2.05) is 49.6 Å². The second-order valence-electron chi connectivity index (χ2n) is 5.99. The Bertz CT molecular complexity index is 683. The monoisotopic (exact) mass is 346 g/mol. The van der Waals surface area contributed by atoms with Gasteiger partial charge in [0.2, 0.25) is 0 Å². The number of aliphatic hydroxyl groups excluding tert-OH is 1. The van der Waals surface area contributed by atoms with Crippen molar-refractivity contribution < 1.29 is 14.7 Å². The van der Waals surface area contributed by atoms with Gasteiger partial charge in [0.15, 0.2) is 0 Å². The normalized spacial score (nSPS) is 12.0. The molecule has 2 aromatic rings. The molecule has 2 amide bonds. The smallest absolute Gasteiger partial charge is 0.313 e. The van der Waals surface area contributed by atoms with E-state index in [0.717, 1.165) is 10.4 Å². The van der Waals surface area contributed by atoms with Crippen molar-refractivity contribution in [1.82, 2.24) is 5.32 Å². The Morgan fingerprint density at radius 3 is 2.58 bits per heavy atom. The van der Waals surface area contributed by atoms with Crippen molar-refractivity contribution >= 4 is 28.8 Å². The van der Waals surface area contributed by atoms with Gasteiger partial charge in [-0.05, 0) is 41.5 Å². The summed E-state index contributed by atoms with van der Waals surface area (Å²) in [4.78, 5) is 25.1. The number of nitrogens with one attached hydrogen (secondary N) is 2. The number of thiophene rings is 1. The summed E-state index contributed by atoms with van der Waals surface area (Å²) in [6, 6.07) is 10.9. The highest BCUT2D eigenvalue weighted by Crippen LogP contribution is 2.26. The molecule has 0 aliphatic heterocycles. The van der Waals surface area contributed by atoms with E-state index in [0.29, 0.717) is 18.0 Å². The molecular formula is C18H22N2O3S. The summed E-state index contributed by atoms with van der Waals surface area (Å²) in [5, 5.41) is 16.4. The van der Waals surface area contributed by atoms with Crippen LogP contribution < -0.4 is 10.6 Å². The summed E-state index contributed by atoms with van der Waals surface area (Å²) in [6.07, 6.45) is 0.614. The van der Waals surface area contributed by atoms with Gasteiger partial charge in [-0.25, -0.2) is 0 Å². The highest BCUT2D eigenvalue weighted by molar-refractivity contribution is 7.13. The summed E-state index contributed by atoms with van der Waals surface area (Å²) in [5.41, 5.74) is 1.54. The average molecular weight is 346 g/mol. The third-order valence-corrected chi connectivity index (χ3v) is 4.36. The van der Waals surface area contributed by atoms with Gasteiger partial charge < -0.3 is 15.7 Å². The highest BCUT2D eigenvalue weighted by atomic mass is 32.1. The topological polar surface area (TPSA) is 78.4 Å². The standard InChI is InChI=1S/C18H22N2O3S/c1-12(2)9-15(11-21)20-18(23)17(22)19-14-6-3-5-13(10-14)16-7-4-8-24-16/h3-8,10,12,15,21H,9,11H2,1-2H3,(H,19,22)(H,20,23). The van der Waals surface area contributed by atoms with Gasteiger partial charge in [-0.2, -0.15) is 0 Å². The van der Waals surface area contributed by atoms with Gasteiger partial charge in [0.05, 0.1) is 12.6 Å². The lowest BCUT2D eigenvalue weighted by molar-refractivity contribution is -0.136. The minimum absolute atomic E-state index is 0.189. The first-order chi connectivity index (χ1) is 11.5. The van der Waals surface area contributed by atoms with E-state index in [2.05, 4.69) is 10.6 Å². The molecule has 0 spiro atoms. The second-order valence-corrected chi connectivity index (χ2v) is 6.94. The molecule has 1 unspecified atom stereocenters. The first-order valence-electron chi connectivity index (χ1n) is 7.86. The van der Waals surface area contributed by atoms with Gasteiger partial charge in [-0.15, -0.1) is 11.3 Å². The summed E-state index contributed by atoms with van der Waals surface area (Å²) in [6.45, 7) is 3.79. The van der Waals surface area contributed by atoms with Crippen molar-refractivity contribution in [2.24, 2.45) is 5.92 Å². The molecule has 0 saturated carbocycles. The first-order valence-corrected chi connectivity index (χ1v) is 8.74. The highest BCUT2D eigenvalue weighted by Gasteiger charge is 2.19. The third-order valence-electron chi connectivity index (χ3n) is 3.44. The second kappa shape index (κ2) is 8.61. The van der Waals surface area contributed by atoms with Gasteiger partial charge in [0, 0.05) is 10.6 Å². The minimum Gasteiger partial charge on any atom is -0.394 e. The van der Waals surface area contributed by atoms with Crippen molar-refractivity contribution in [3.63, 3.8) is 0 Å². The van der Waals surface area contributed by atoms with Crippen LogP contribution in [0.25, 0.3) is 10.4 Å². The molecule has 0 aliphatic rings. The van der Waals surface area contributed by atoms with Crippen molar-refractivity contribution in [1.29, 1.82) is 0 Å². The average Bonchev–Trinajstić information content (AvgIpc) is 3.08. The summed E-state index contributed by atoms with van der Waals surface area (Å²) in [7, 11) is 0. The van der Waals surface area contributed by atoms with E-state index in [1.165, 1.54) is 0 Å². The molecule has 0 fully saturated rings. The van der Waals surface area contributed by atoms with E-state index in [1.54, 1.807) is 17.4 Å². The van der Waals surface area contributed by atoms with Gasteiger partial charge in [0.1, 0.15) is 0 Å². The Labute approximate surface area is 145 Å². The number of rotatable bonds is 6. The van der Waals surface area contributed by atoms with Crippen molar-refractivity contribution in [2.75, 3.05) is 11.9 Å². The maximum atomic E-state index is 12.0. The van der Waals surface area contributed by atoms with Crippen LogP contribution in [0.5, 0.6) is 0 Å². The van der Waals surface area contributed by atoms with Crippen LogP contribution in [0, 0.1) is 5.92 Å². The molecule has 1 heterocycles. The number of hydrogen-bond donors (Lipinski definition) is 3. The van der Waals surface area contributed by atoms with Crippen LogP contribution in [-0.4, -0.2) is 29.6 Å². The third kappa shape index (κ3) is 5.18. The Hall–Kier alpha value is -2.18. The Kier molecular flexibility index (Phi) is 6.52. The van der Waals surface area contributed by atoms with Crippen LogP contribution in [0.1, 0.15) is 20.3 Å². The fourth-order valence-corrected chi connectivity index (χ4v) is 3.10. The summed E-state index contributed by atoms with van der Waals surface area (Å²) >= 11 is 1.61. The maximum absolute atomic E-state index is 12.0. The number of anilines is 1. The zero-order chi connectivity index (χ0) is 17.5. The van der Waals surface area contributed by atoms with Gasteiger partial charge in [-0.3, -0.25) is 9.59 Å². The van der Waals surface area contributed by atoms with Crippen LogP contribution in [0.4, 0.5) is 5.69 Å². The molecule has 0 bridgehead atoms. The van der Waals surface area contributed by atoms with Crippen molar-refractivity contribution in [3.8, 4) is 10.4 Å². The van der Waals surface area contributed by atoms with E-state index >= 15 is 0 Å². The fraction of sp³-hybridized carbons (Fsp3) is 0.333. The lowest BCUT2D eigenvalue weighted by Gasteiger charge is -2.17. The molecule has 2 rings (SSSR count). The summed E-state index contributed by atoms with van der Waals surface area (Å²) in [5.74, 6) is -1.16. The Balaban J connectivity index is 1.99. The molecule has 24 heavy (non-hydrogen) atoms. The predicted octanol–water partition coefficient (Wildman–Crippen LogP) is 2.88. The van der Waals surface area contributed by atoms with E-state index in [9.17, 15) is 14.7 Å². The Morgan fingerprint density at radius 2 is 1.96 bits per heavy atom. The molecule has 1 aromatic carbocycles. The molecule has 128 valence electrons. The maximum Gasteiger partial charge on any atom is 0.313 e. The minimum atomic E-state index is -0.740. The van der Waals surface area contributed by atoms with Gasteiger partial charge >= 0.3 is 11.8 Å². The molecule has 6 heteroatoms. The zero-order valence-electron chi connectivity index (χ0n) is 13.8. The molecule has 1 aromatic heterocycles. The van der Waals surface area contributed by atoms with Crippen LogP contribution in [-0.2, 0) is 9.59 Å². The van der Waals surface area contributed by atoms with E-state index in [-0.39, 0.29) is 6.61 Å². The molecule has 0 radical (unpaired) electrons. The van der Waals surface area contributed by atoms with Crippen LogP contribution in [0.15, 0.2) is 41.8 Å². The van der Waals surface area contributed by atoms with Gasteiger partial charge in [-0.1, -0.05) is 32.0 Å². The van der Waals surface area contributed by atoms with Gasteiger partial charge in [0.25, 0.3) is 0 Å².